The minimum atomic E-state index is -1.03. The molecule has 1 unspecified atom stereocenters. The van der Waals surface area contributed by atoms with E-state index in [0.717, 1.165) is 12.8 Å². The molecule has 0 spiro atoms. The number of esters is 1. The summed E-state index contributed by atoms with van der Waals surface area (Å²) in [5.74, 6) is -0.680. The lowest BCUT2D eigenvalue weighted by Gasteiger charge is -2.43. The third kappa shape index (κ3) is 3.75. The molecule has 1 aromatic rings. The van der Waals surface area contributed by atoms with Gasteiger partial charge in [0.1, 0.15) is 11.4 Å². The van der Waals surface area contributed by atoms with Gasteiger partial charge in [0.2, 0.25) is 0 Å². The number of anilines is 1. The lowest BCUT2D eigenvalue weighted by molar-refractivity contribution is -0.151. The van der Waals surface area contributed by atoms with Gasteiger partial charge in [-0.1, -0.05) is 25.4 Å². The summed E-state index contributed by atoms with van der Waals surface area (Å²) >= 11 is 5.91. The van der Waals surface area contributed by atoms with Crippen molar-refractivity contribution in [3.63, 3.8) is 0 Å². The molecular formula is C16H22ClN3O3. The molecule has 126 valence electrons. The molecule has 0 aliphatic heterocycles. The molecule has 1 fully saturated rings. The van der Waals surface area contributed by atoms with Gasteiger partial charge in [-0.3, -0.25) is 4.79 Å². The predicted molar refractivity (Wildman–Crippen MR) is 88.1 cm³/mol. The molecule has 1 heterocycles. The van der Waals surface area contributed by atoms with E-state index in [4.69, 9.17) is 22.1 Å². The molecule has 6 nitrogen and oxygen atoms in total. The van der Waals surface area contributed by atoms with Crippen molar-refractivity contribution in [1.29, 1.82) is 0 Å². The summed E-state index contributed by atoms with van der Waals surface area (Å²) in [5.41, 5.74) is 4.73. The monoisotopic (exact) mass is 339 g/mol. The van der Waals surface area contributed by atoms with Crippen LogP contribution in [0, 0.1) is 5.41 Å². The van der Waals surface area contributed by atoms with Crippen molar-refractivity contribution in [1.82, 2.24) is 10.3 Å². The van der Waals surface area contributed by atoms with Gasteiger partial charge in [0.05, 0.1) is 17.7 Å². The molecule has 0 bridgehead atoms. The van der Waals surface area contributed by atoms with Gasteiger partial charge in [-0.2, -0.15) is 0 Å². The molecule has 1 saturated carbocycles. The molecule has 0 aromatic carbocycles. The molecule has 1 aliphatic rings. The SMILES string of the molecule is COC(=O)C1(NC(=O)c2cnc(N)c(Cl)c2)CCCC(C)(C)C1. The number of hydrogen-bond donors (Lipinski definition) is 2. The Morgan fingerprint density at radius 3 is 2.65 bits per heavy atom. The standard InChI is InChI=1S/C16H22ClN3O3/c1-15(2)5-4-6-16(9-15,14(22)23-3)20-13(21)10-7-11(17)12(18)19-8-10/h7-8H,4-6,9H2,1-3H3,(H2,18,19)(H,20,21). The van der Waals surface area contributed by atoms with Crippen LogP contribution in [0.1, 0.15) is 49.9 Å². The van der Waals surface area contributed by atoms with Gasteiger partial charge in [0.25, 0.3) is 5.91 Å². The average molecular weight is 340 g/mol. The van der Waals surface area contributed by atoms with Crippen LogP contribution in [0.25, 0.3) is 0 Å². The van der Waals surface area contributed by atoms with Crippen LogP contribution >= 0.6 is 11.6 Å². The fourth-order valence-electron chi connectivity index (χ4n) is 3.25. The van der Waals surface area contributed by atoms with Crippen molar-refractivity contribution < 1.29 is 14.3 Å². The molecule has 1 aliphatic carbocycles. The van der Waals surface area contributed by atoms with Crippen molar-refractivity contribution >= 4 is 29.3 Å². The Morgan fingerprint density at radius 2 is 2.09 bits per heavy atom. The van der Waals surface area contributed by atoms with E-state index in [-0.39, 0.29) is 21.8 Å². The van der Waals surface area contributed by atoms with Crippen LogP contribution in [0.15, 0.2) is 12.3 Å². The Hall–Kier alpha value is -1.82. The Balaban J connectivity index is 2.29. The third-order valence-electron chi connectivity index (χ3n) is 4.30. The number of carbonyl (C=O) groups excluding carboxylic acids is 2. The van der Waals surface area contributed by atoms with E-state index in [1.165, 1.54) is 19.4 Å². The number of halogens is 1. The Morgan fingerprint density at radius 1 is 1.39 bits per heavy atom. The molecule has 0 saturated heterocycles. The molecular weight excluding hydrogens is 318 g/mol. The van der Waals surface area contributed by atoms with Crippen molar-refractivity contribution in [3.05, 3.63) is 22.8 Å². The molecule has 2 rings (SSSR count). The fourth-order valence-corrected chi connectivity index (χ4v) is 3.42. The van der Waals surface area contributed by atoms with Gasteiger partial charge in [-0.25, -0.2) is 9.78 Å². The molecule has 3 N–H and O–H groups in total. The van der Waals surface area contributed by atoms with E-state index in [0.29, 0.717) is 12.8 Å². The second-order valence-electron chi connectivity index (χ2n) is 6.81. The number of nitrogen functional groups attached to an aromatic ring is 1. The van der Waals surface area contributed by atoms with Gasteiger partial charge in [-0.15, -0.1) is 0 Å². The molecule has 1 amide bonds. The highest BCUT2D eigenvalue weighted by Gasteiger charge is 2.47. The summed E-state index contributed by atoms with van der Waals surface area (Å²) in [6.07, 6.45) is 4.25. The van der Waals surface area contributed by atoms with E-state index in [1.807, 2.05) is 0 Å². The average Bonchev–Trinajstić information content (AvgIpc) is 2.48. The first-order chi connectivity index (χ1) is 10.7. The van der Waals surface area contributed by atoms with Crippen LogP contribution < -0.4 is 11.1 Å². The number of aromatic nitrogens is 1. The first-order valence-corrected chi connectivity index (χ1v) is 7.89. The van der Waals surface area contributed by atoms with Crippen LogP contribution in [0.2, 0.25) is 5.02 Å². The maximum Gasteiger partial charge on any atom is 0.331 e. The lowest BCUT2D eigenvalue weighted by Crippen LogP contribution is -2.58. The minimum absolute atomic E-state index is 0.0588. The van der Waals surface area contributed by atoms with Gasteiger partial charge in [0.15, 0.2) is 0 Å². The number of hydrogen-bond acceptors (Lipinski definition) is 5. The molecule has 1 atom stereocenters. The van der Waals surface area contributed by atoms with E-state index in [1.54, 1.807) is 0 Å². The molecule has 7 heteroatoms. The highest BCUT2D eigenvalue weighted by molar-refractivity contribution is 6.33. The van der Waals surface area contributed by atoms with Crippen molar-refractivity contribution in [2.45, 2.75) is 45.1 Å². The Labute approximate surface area is 140 Å². The van der Waals surface area contributed by atoms with Crippen molar-refractivity contribution in [2.24, 2.45) is 5.41 Å². The number of nitrogens with one attached hydrogen (secondary N) is 1. The van der Waals surface area contributed by atoms with Crippen LogP contribution in [0.3, 0.4) is 0 Å². The summed E-state index contributed by atoms with van der Waals surface area (Å²) < 4.78 is 4.95. The number of nitrogens with zero attached hydrogens (tertiary/aromatic N) is 1. The van der Waals surface area contributed by atoms with Crippen molar-refractivity contribution in [3.8, 4) is 0 Å². The number of carbonyl (C=O) groups is 2. The van der Waals surface area contributed by atoms with Crippen LogP contribution in [-0.4, -0.2) is 29.5 Å². The number of methoxy groups -OCH3 is 1. The topological polar surface area (TPSA) is 94.3 Å². The zero-order chi connectivity index (χ0) is 17.3. The molecule has 0 radical (unpaired) electrons. The Bertz CT molecular complexity index is 633. The summed E-state index contributed by atoms with van der Waals surface area (Å²) in [6.45, 7) is 4.16. The number of nitrogens with two attached hydrogens (primary N) is 1. The number of amides is 1. The second kappa shape index (κ2) is 6.35. The Kier molecular flexibility index (Phi) is 4.84. The molecule has 1 aromatic heterocycles. The van der Waals surface area contributed by atoms with Gasteiger partial charge >= 0.3 is 5.97 Å². The highest BCUT2D eigenvalue weighted by Crippen LogP contribution is 2.41. The van der Waals surface area contributed by atoms with Gasteiger partial charge in [0, 0.05) is 6.20 Å². The van der Waals surface area contributed by atoms with Gasteiger partial charge < -0.3 is 15.8 Å². The number of ether oxygens (including phenoxy) is 1. The zero-order valence-electron chi connectivity index (χ0n) is 13.6. The fraction of sp³-hybridized carbons (Fsp3) is 0.562. The van der Waals surface area contributed by atoms with Crippen LogP contribution in [0.5, 0.6) is 0 Å². The number of pyridine rings is 1. The quantitative estimate of drug-likeness (QED) is 0.825. The zero-order valence-corrected chi connectivity index (χ0v) is 14.4. The smallest absolute Gasteiger partial charge is 0.331 e. The molecule has 23 heavy (non-hydrogen) atoms. The minimum Gasteiger partial charge on any atom is -0.467 e. The summed E-state index contributed by atoms with van der Waals surface area (Å²) in [6, 6.07) is 1.44. The third-order valence-corrected chi connectivity index (χ3v) is 4.60. The van der Waals surface area contributed by atoms with E-state index < -0.39 is 17.4 Å². The largest absolute Gasteiger partial charge is 0.467 e. The summed E-state index contributed by atoms with van der Waals surface area (Å²) in [7, 11) is 1.33. The maximum absolute atomic E-state index is 12.6. The summed E-state index contributed by atoms with van der Waals surface area (Å²) in [4.78, 5) is 28.8. The first kappa shape index (κ1) is 17.5. The van der Waals surface area contributed by atoms with Crippen LogP contribution in [-0.2, 0) is 9.53 Å². The number of rotatable bonds is 3. The summed E-state index contributed by atoms with van der Waals surface area (Å²) in [5, 5.41) is 3.05. The van der Waals surface area contributed by atoms with E-state index >= 15 is 0 Å². The normalized spacial score (nSPS) is 23.1. The predicted octanol–water partition coefficient (Wildman–Crippen LogP) is 2.56. The van der Waals surface area contributed by atoms with Crippen LogP contribution in [0.4, 0.5) is 5.82 Å². The maximum atomic E-state index is 12.6. The highest BCUT2D eigenvalue weighted by atomic mass is 35.5. The lowest BCUT2D eigenvalue weighted by atomic mass is 9.68. The van der Waals surface area contributed by atoms with E-state index in [9.17, 15) is 9.59 Å². The second-order valence-corrected chi connectivity index (χ2v) is 7.22. The van der Waals surface area contributed by atoms with Gasteiger partial charge in [-0.05, 0) is 37.2 Å². The first-order valence-electron chi connectivity index (χ1n) is 7.51. The van der Waals surface area contributed by atoms with E-state index in [2.05, 4.69) is 24.1 Å². The van der Waals surface area contributed by atoms with Crippen molar-refractivity contribution in [2.75, 3.05) is 12.8 Å².